The summed E-state index contributed by atoms with van der Waals surface area (Å²) in [6, 6.07) is 4.05. The fourth-order valence-corrected chi connectivity index (χ4v) is 1.82. The first kappa shape index (κ1) is 14.8. The van der Waals surface area contributed by atoms with Gasteiger partial charge in [-0.05, 0) is 25.5 Å². The summed E-state index contributed by atoms with van der Waals surface area (Å²) >= 11 is 0. The molecule has 0 aliphatic carbocycles. The smallest absolute Gasteiger partial charge is 0.744 e. The Hall–Kier alpha value is -0.200. The second-order valence-electron chi connectivity index (χ2n) is 2.99. The average molecular weight is 236 g/mol. The summed E-state index contributed by atoms with van der Waals surface area (Å²) in [7, 11) is -4.49. The molecule has 0 unspecified atom stereocenters. The summed E-state index contributed by atoms with van der Waals surface area (Å²) in [5.41, 5.74) is 0.579. The van der Waals surface area contributed by atoms with Crippen molar-refractivity contribution in [2.75, 3.05) is 0 Å². The molecule has 0 fully saturated rings. The molecule has 0 atom stereocenters. The van der Waals surface area contributed by atoms with E-state index in [0.29, 0.717) is 5.56 Å². The van der Waals surface area contributed by atoms with E-state index < -0.39 is 10.1 Å². The Morgan fingerprint density at radius 2 is 1.87 bits per heavy atom. The molecule has 0 radical (unpaired) electrons. The fraction of sp³-hybridized carbons (Fsp3) is 0.222. The Morgan fingerprint density at radius 1 is 1.33 bits per heavy atom. The maximum absolute atomic E-state index is 10.9. The molecule has 15 heavy (non-hydrogen) atoms. The van der Waals surface area contributed by atoms with E-state index in [1.165, 1.54) is 26.0 Å². The molecule has 0 aromatic heterocycles. The molecule has 1 aromatic carbocycles. The molecule has 0 aliphatic rings. The van der Waals surface area contributed by atoms with E-state index in [2.05, 4.69) is 0 Å². The van der Waals surface area contributed by atoms with Crippen LogP contribution in [-0.4, -0.2) is 18.8 Å². The van der Waals surface area contributed by atoms with Gasteiger partial charge in [-0.1, -0.05) is 12.1 Å². The standard InChI is InChI=1S/C9H10O4S.Na/c1-6-3-4-8(7(2)10)5-9(6)14(11,12)13;/h3-5H,1-2H3,(H,11,12,13);/q;+1/p-1. The number of Topliss-reactive ketones (excluding diaryl/α,β-unsaturated/α-hetero) is 1. The van der Waals surface area contributed by atoms with Gasteiger partial charge in [0.05, 0.1) is 4.90 Å². The summed E-state index contributed by atoms with van der Waals surface area (Å²) in [5.74, 6) is -0.269. The summed E-state index contributed by atoms with van der Waals surface area (Å²) in [5, 5.41) is 0. The molecule has 0 saturated heterocycles. The molecular weight excluding hydrogens is 227 g/mol. The topological polar surface area (TPSA) is 74.3 Å². The number of rotatable bonds is 2. The second-order valence-corrected chi connectivity index (χ2v) is 4.34. The number of hydrogen-bond donors (Lipinski definition) is 0. The van der Waals surface area contributed by atoms with Crippen molar-refractivity contribution in [1.82, 2.24) is 0 Å². The number of ketones is 1. The van der Waals surface area contributed by atoms with E-state index in [1.807, 2.05) is 0 Å². The Balaban J connectivity index is 0.00000196. The van der Waals surface area contributed by atoms with Gasteiger partial charge in [0.25, 0.3) is 0 Å². The molecule has 0 spiro atoms. The van der Waals surface area contributed by atoms with Crippen LogP contribution in [0, 0.1) is 6.92 Å². The Bertz CT molecular complexity index is 479. The van der Waals surface area contributed by atoms with Crippen LogP contribution in [0.4, 0.5) is 0 Å². The van der Waals surface area contributed by atoms with Gasteiger partial charge in [0.2, 0.25) is 0 Å². The van der Waals surface area contributed by atoms with Crippen molar-refractivity contribution in [3.63, 3.8) is 0 Å². The molecule has 76 valence electrons. The summed E-state index contributed by atoms with van der Waals surface area (Å²) in [6.45, 7) is 2.82. The SMILES string of the molecule is CC(=O)c1ccc(C)c(S(=O)(=O)[O-])c1.[Na+]. The molecule has 6 heteroatoms. The number of hydrogen-bond acceptors (Lipinski definition) is 4. The van der Waals surface area contributed by atoms with E-state index in [0.717, 1.165) is 6.07 Å². The van der Waals surface area contributed by atoms with Crippen molar-refractivity contribution >= 4 is 15.9 Å². The van der Waals surface area contributed by atoms with Crippen LogP contribution in [0.25, 0.3) is 0 Å². The third-order valence-electron chi connectivity index (χ3n) is 1.86. The third-order valence-corrected chi connectivity index (χ3v) is 2.84. The van der Waals surface area contributed by atoms with Crippen LogP contribution in [0.3, 0.4) is 0 Å². The van der Waals surface area contributed by atoms with Crippen LogP contribution >= 0.6 is 0 Å². The normalized spacial score (nSPS) is 10.6. The van der Waals surface area contributed by atoms with Gasteiger partial charge < -0.3 is 4.55 Å². The number of benzene rings is 1. The predicted octanol–water partition coefficient (Wildman–Crippen LogP) is -1.89. The minimum atomic E-state index is -4.49. The maximum Gasteiger partial charge on any atom is 1.00 e. The molecule has 0 N–H and O–H groups in total. The molecule has 4 nitrogen and oxygen atoms in total. The van der Waals surface area contributed by atoms with Gasteiger partial charge in [0, 0.05) is 5.56 Å². The van der Waals surface area contributed by atoms with Gasteiger partial charge in [0.15, 0.2) is 5.78 Å². The van der Waals surface area contributed by atoms with Crippen LogP contribution in [0.15, 0.2) is 23.1 Å². The van der Waals surface area contributed by atoms with Crippen molar-refractivity contribution in [1.29, 1.82) is 0 Å². The molecule has 0 amide bonds. The quantitative estimate of drug-likeness (QED) is 0.342. The van der Waals surface area contributed by atoms with E-state index >= 15 is 0 Å². The van der Waals surface area contributed by atoms with Crippen LogP contribution in [0.5, 0.6) is 0 Å². The van der Waals surface area contributed by atoms with Crippen LogP contribution < -0.4 is 29.6 Å². The largest absolute Gasteiger partial charge is 1.00 e. The zero-order valence-electron chi connectivity index (χ0n) is 8.77. The molecule has 1 rings (SSSR count). The van der Waals surface area contributed by atoms with Crippen molar-refractivity contribution in [2.45, 2.75) is 18.7 Å². The van der Waals surface area contributed by atoms with Crippen molar-refractivity contribution < 1.29 is 47.3 Å². The molecule has 0 heterocycles. The first-order valence-corrected chi connectivity index (χ1v) is 5.30. The fourth-order valence-electron chi connectivity index (χ4n) is 1.09. The van der Waals surface area contributed by atoms with Gasteiger partial charge in [-0.2, -0.15) is 0 Å². The molecule has 0 aliphatic heterocycles. The van der Waals surface area contributed by atoms with Crippen LogP contribution in [0.2, 0.25) is 0 Å². The Morgan fingerprint density at radius 3 is 2.27 bits per heavy atom. The van der Waals surface area contributed by atoms with Crippen molar-refractivity contribution in [3.05, 3.63) is 29.3 Å². The first-order chi connectivity index (χ1) is 6.32. The zero-order chi connectivity index (χ0) is 10.9. The van der Waals surface area contributed by atoms with E-state index in [9.17, 15) is 17.8 Å². The summed E-state index contributed by atoms with van der Waals surface area (Å²) in [4.78, 5) is 10.6. The van der Waals surface area contributed by atoms with E-state index in [1.54, 1.807) is 0 Å². The van der Waals surface area contributed by atoms with Gasteiger partial charge >= 0.3 is 29.6 Å². The monoisotopic (exact) mass is 236 g/mol. The third kappa shape index (κ3) is 3.70. The van der Waals surface area contributed by atoms with Crippen LogP contribution in [0.1, 0.15) is 22.8 Å². The van der Waals surface area contributed by atoms with Gasteiger partial charge in [-0.3, -0.25) is 4.79 Å². The van der Waals surface area contributed by atoms with Crippen molar-refractivity contribution in [3.8, 4) is 0 Å². The van der Waals surface area contributed by atoms with Gasteiger partial charge in [-0.25, -0.2) is 8.42 Å². The molecule has 0 bridgehead atoms. The maximum atomic E-state index is 10.9. The number of aryl methyl sites for hydroxylation is 1. The van der Waals surface area contributed by atoms with Gasteiger partial charge in [-0.15, -0.1) is 0 Å². The summed E-state index contributed by atoms with van der Waals surface area (Å²) in [6.07, 6.45) is 0. The van der Waals surface area contributed by atoms with Crippen molar-refractivity contribution in [2.24, 2.45) is 0 Å². The first-order valence-electron chi connectivity index (χ1n) is 3.90. The second kappa shape index (κ2) is 5.23. The van der Waals surface area contributed by atoms with E-state index in [4.69, 9.17) is 0 Å². The van der Waals surface area contributed by atoms with Crippen LogP contribution in [-0.2, 0) is 10.1 Å². The minimum Gasteiger partial charge on any atom is -0.744 e. The number of carbonyl (C=O) groups excluding carboxylic acids is 1. The molecule has 0 saturated carbocycles. The minimum absolute atomic E-state index is 0. The number of carbonyl (C=O) groups is 1. The Kier molecular flexibility index (Phi) is 5.16. The zero-order valence-corrected chi connectivity index (χ0v) is 11.6. The summed E-state index contributed by atoms with van der Waals surface area (Å²) < 4.78 is 32.3. The van der Waals surface area contributed by atoms with E-state index in [-0.39, 0.29) is 45.8 Å². The molecule has 1 aromatic rings. The molecular formula is C9H9NaO4S. The average Bonchev–Trinajstić information content (AvgIpc) is 2.02. The Labute approximate surface area is 111 Å². The van der Waals surface area contributed by atoms with Gasteiger partial charge in [0.1, 0.15) is 10.1 Å². The predicted molar refractivity (Wildman–Crippen MR) is 49.1 cm³/mol.